The number of rotatable bonds is 4. The molecule has 0 radical (unpaired) electrons. The van der Waals surface area contributed by atoms with Gasteiger partial charge in [0.15, 0.2) is 0 Å². The third-order valence-electron chi connectivity index (χ3n) is 2.51. The molecule has 1 aliphatic rings. The minimum atomic E-state index is -0.191. The Hall–Kier alpha value is -0.720. The fourth-order valence-corrected chi connectivity index (χ4v) is 2.45. The average molecular weight is 261 g/mol. The van der Waals surface area contributed by atoms with Crippen LogP contribution < -0.4 is 5.32 Å². The van der Waals surface area contributed by atoms with Gasteiger partial charge in [0.05, 0.1) is 0 Å². The Bertz CT molecular complexity index is 364. The number of nitrogens with one attached hydrogen (secondary N) is 1. The Balaban J connectivity index is 1.71. The molecule has 1 aromatic heterocycles. The van der Waals surface area contributed by atoms with E-state index in [1.807, 2.05) is 0 Å². The van der Waals surface area contributed by atoms with Crippen LogP contribution in [0.4, 0.5) is 0 Å². The van der Waals surface area contributed by atoms with Gasteiger partial charge in [-0.1, -0.05) is 11.3 Å². The monoisotopic (exact) mass is 260 g/mol. The van der Waals surface area contributed by atoms with Gasteiger partial charge < -0.3 is 10.2 Å². The lowest BCUT2D eigenvalue weighted by Crippen LogP contribution is -2.33. The maximum absolute atomic E-state index is 11.6. The molecule has 0 saturated carbocycles. The smallest absolute Gasteiger partial charge is 0.282 e. The summed E-state index contributed by atoms with van der Waals surface area (Å²) < 4.78 is 0.296. The van der Waals surface area contributed by atoms with Gasteiger partial charge in [0.2, 0.25) is 9.47 Å². The molecule has 1 N–H and O–H groups in total. The number of amides is 1. The molecule has 1 aromatic rings. The molecule has 2 rings (SSSR count). The van der Waals surface area contributed by atoms with Gasteiger partial charge in [0.25, 0.3) is 5.91 Å². The summed E-state index contributed by atoms with van der Waals surface area (Å²) in [5.41, 5.74) is 0. The summed E-state index contributed by atoms with van der Waals surface area (Å²) >= 11 is 6.69. The highest BCUT2D eigenvalue weighted by Gasteiger charge is 2.13. The molecule has 0 spiro atoms. The molecule has 1 saturated heterocycles. The first-order valence-electron chi connectivity index (χ1n) is 5.25. The second-order valence-corrected chi connectivity index (χ2v) is 5.22. The van der Waals surface area contributed by atoms with Gasteiger partial charge in [-0.2, -0.15) is 0 Å². The van der Waals surface area contributed by atoms with Gasteiger partial charge in [-0.05, 0) is 37.5 Å². The van der Waals surface area contributed by atoms with E-state index in [2.05, 4.69) is 20.4 Å². The predicted molar refractivity (Wildman–Crippen MR) is 62.9 cm³/mol. The van der Waals surface area contributed by atoms with Crippen LogP contribution in [0.1, 0.15) is 22.6 Å². The van der Waals surface area contributed by atoms with E-state index in [1.165, 1.54) is 12.8 Å². The highest BCUT2D eigenvalue weighted by molar-refractivity contribution is 7.17. The van der Waals surface area contributed by atoms with E-state index >= 15 is 0 Å². The van der Waals surface area contributed by atoms with E-state index in [9.17, 15) is 4.79 Å². The largest absolute Gasteiger partial charge is 0.349 e. The quantitative estimate of drug-likeness (QED) is 0.878. The van der Waals surface area contributed by atoms with Crippen LogP contribution >= 0.6 is 22.9 Å². The van der Waals surface area contributed by atoms with Crippen molar-refractivity contribution in [3.63, 3.8) is 0 Å². The molecule has 2 heterocycles. The summed E-state index contributed by atoms with van der Waals surface area (Å²) in [6.45, 7) is 3.83. The summed E-state index contributed by atoms with van der Waals surface area (Å²) in [6.07, 6.45) is 2.53. The zero-order chi connectivity index (χ0) is 11.4. The number of hydrogen-bond acceptors (Lipinski definition) is 5. The average Bonchev–Trinajstić information content (AvgIpc) is 2.89. The molecule has 0 unspecified atom stereocenters. The number of likely N-dealkylation sites (tertiary alicyclic amines) is 1. The highest BCUT2D eigenvalue weighted by atomic mass is 35.5. The molecule has 0 atom stereocenters. The summed E-state index contributed by atoms with van der Waals surface area (Å²) in [6, 6.07) is 0. The summed E-state index contributed by atoms with van der Waals surface area (Å²) in [5.74, 6) is -0.191. The normalized spacial score (nSPS) is 16.6. The molecular formula is C9H13ClN4OS. The molecule has 0 aliphatic carbocycles. The van der Waals surface area contributed by atoms with Gasteiger partial charge in [0.1, 0.15) is 0 Å². The van der Waals surface area contributed by atoms with Crippen molar-refractivity contribution in [3.05, 3.63) is 9.47 Å². The Labute approximate surface area is 103 Å². The number of carbonyl (C=O) groups is 1. The van der Waals surface area contributed by atoms with Crippen LogP contribution in [-0.4, -0.2) is 47.2 Å². The molecular weight excluding hydrogens is 248 g/mol. The molecule has 5 nitrogen and oxygen atoms in total. The SMILES string of the molecule is O=C(NCCN1CCCC1)c1nnc(Cl)s1. The maximum atomic E-state index is 11.6. The third kappa shape index (κ3) is 3.13. The lowest BCUT2D eigenvalue weighted by atomic mass is 10.4. The standard InChI is InChI=1S/C9H13ClN4OS/c10-9-13-12-8(16-9)7(15)11-3-6-14-4-1-2-5-14/h1-6H2,(H,11,15). The van der Waals surface area contributed by atoms with Crippen molar-refractivity contribution in [2.24, 2.45) is 0 Å². The maximum Gasteiger partial charge on any atom is 0.282 e. The predicted octanol–water partition coefficient (Wildman–Crippen LogP) is 1.02. The molecule has 1 amide bonds. The second-order valence-electron chi connectivity index (χ2n) is 3.66. The number of aromatic nitrogens is 2. The zero-order valence-electron chi connectivity index (χ0n) is 8.78. The Morgan fingerprint density at radius 3 is 2.81 bits per heavy atom. The Morgan fingerprint density at radius 1 is 1.44 bits per heavy atom. The number of hydrogen-bond donors (Lipinski definition) is 1. The van der Waals surface area contributed by atoms with Gasteiger partial charge in [-0.3, -0.25) is 4.79 Å². The van der Waals surface area contributed by atoms with Crippen molar-refractivity contribution in [2.75, 3.05) is 26.2 Å². The minimum Gasteiger partial charge on any atom is -0.349 e. The first-order chi connectivity index (χ1) is 7.75. The summed E-state index contributed by atoms with van der Waals surface area (Å²) in [5, 5.41) is 10.4. The molecule has 1 aliphatic heterocycles. The van der Waals surface area contributed by atoms with E-state index < -0.39 is 0 Å². The van der Waals surface area contributed by atoms with E-state index in [0.29, 0.717) is 16.0 Å². The molecule has 7 heteroatoms. The third-order valence-corrected chi connectivity index (χ3v) is 3.52. The zero-order valence-corrected chi connectivity index (χ0v) is 10.4. The molecule has 0 aromatic carbocycles. The molecule has 88 valence electrons. The van der Waals surface area contributed by atoms with E-state index in [0.717, 1.165) is 31.0 Å². The van der Waals surface area contributed by atoms with E-state index in [1.54, 1.807) is 0 Å². The van der Waals surface area contributed by atoms with Crippen LogP contribution in [0.25, 0.3) is 0 Å². The van der Waals surface area contributed by atoms with Crippen molar-refractivity contribution < 1.29 is 4.79 Å². The first kappa shape index (κ1) is 11.8. The van der Waals surface area contributed by atoms with E-state index in [-0.39, 0.29) is 5.91 Å². The van der Waals surface area contributed by atoms with Crippen LogP contribution in [0, 0.1) is 0 Å². The van der Waals surface area contributed by atoms with Crippen LogP contribution in [0.2, 0.25) is 4.47 Å². The van der Waals surface area contributed by atoms with Gasteiger partial charge in [-0.25, -0.2) is 0 Å². The Morgan fingerprint density at radius 2 is 2.19 bits per heavy atom. The Kier molecular flexibility index (Phi) is 4.09. The molecule has 0 bridgehead atoms. The van der Waals surface area contributed by atoms with Crippen LogP contribution in [0.3, 0.4) is 0 Å². The van der Waals surface area contributed by atoms with Gasteiger partial charge in [0, 0.05) is 13.1 Å². The molecule has 1 fully saturated rings. The van der Waals surface area contributed by atoms with Crippen molar-refractivity contribution in [2.45, 2.75) is 12.8 Å². The lowest BCUT2D eigenvalue weighted by Gasteiger charge is -2.13. The van der Waals surface area contributed by atoms with Crippen LogP contribution in [0.15, 0.2) is 0 Å². The number of halogens is 1. The fourth-order valence-electron chi connectivity index (χ4n) is 1.71. The second kappa shape index (κ2) is 5.56. The van der Waals surface area contributed by atoms with Crippen molar-refractivity contribution in [3.8, 4) is 0 Å². The lowest BCUT2D eigenvalue weighted by molar-refractivity contribution is 0.0948. The summed E-state index contributed by atoms with van der Waals surface area (Å²) in [4.78, 5) is 13.9. The van der Waals surface area contributed by atoms with Gasteiger partial charge in [-0.15, -0.1) is 10.2 Å². The summed E-state index contributed by atoms with van der Waals surface area (Å²) in [7, 11) is 0. The van der Waals surface area contributed by atoms with Crippen molar-refractivity contribution >= 4 is 28.8 Å². The molecule has 16 heavy (non-hydrogen) atoms. The van der Waals surface area contributed by atoms with Crippen LogP contribution in [-0.2, 0) is 0 Å². The van der Waals surface area contributed by atoms with Crippen LogP contribution in [0.5, 0.6) is 0 Å². The fraction of sp³-hybridized carbons (Fsp3) is 0.667. The van der Waals surface area contributed by atoms with E-state index in [4.69, 9.17) is 11.6 Å². The minimum absolute atomic E-state index is 0.191. The topological polar surface area (TPSA) is 58.1 Å². The number of carbonyl (C=O) groups excluding carboxylic acids is 1. The van der Waals surface area contributed by atoms with Crippen molar-refractivity contribution in [1.82, 2.24) is 20.4 Å². The highest BCUT2D eigenvalue weighted by Crippen LogP contribution is 2.14. The van der Waals surface area contributed by atoms with Gasteiger partial charge >= 0.3 is 0 Å². The first-order valence-corrected chi connectivity index (χ1v) is 6.45. The number of nitrogens with zero attached hydrogens (tertiary/aromatic N) is 3. The van der Waals surface area contributed by atoms with Crippen molar-refractivity contribution in [1.29, 1.82) is 0 Å².